The number of thiophene rings is 1. The van der Waals surface area contributed by atoms with Gasteiger partial charge >= 0.3 is 0 Å². The van der Waals surface area contributed by atoms with Gasteiger partial charge in [-0.25, -0.2) is 0 Å². The lowest BCUT2D eigenvalue weighted by atomic mass is 9.69. The van der Waals surface area contributed by atoms with Crippen LogP contribution in [0.4, 0.5) is 0 Å². The van der Waals surface area contributed by atoms with Crippen LogP contribution in [0.1, 0.15) is 24.1 Å². The van der Waals surface area contributed by atoms with Crippen LogP contribution in [0.5, 0.6) is 0 Å². The van der Waals surface area contributed by atoms with Gasteiger partial charge in [0.25, 0.3) is 0 Å². The average molecular weight is 317 g/mol. The Hall–Kier alpha value is -0.390. The minimum absolute atomic E-state index is 0.0964. The molecule has 1 aromatic rings. The van der Waals surface area contributed by atoms with Crippen molar-refractivity contribution in [2.24, 2.45) is 11.1 Å². The van der Waals surface area contributed by atoms with E-state index in [4.69, 9.17) is 5.73 Å². The summed E-state index contributed by atoms with van der Waals surface area (Å²) in [5.74, 6) is 0.0964. The summed E-state index contributed by atoms with van der Waals surface area (Å²) < 4.78 is 1.07. The molecule has 94 valence electrons. The number of nitrogens with two attached hydrogens (primary N) is 1. The molecule has 2 rings (SSSR count). The standard InChI is InChI=1S/C12H17BrN2OS/c13-10-3-2-9(17-10)6-11(16)15-8-12(7-14)4-1-5-12/h2-3H,1,4-8,14H2,(H,15,16). The molecule has 1 aromatic heterocycles. The summed E-state index contributed by atoms with van der Waals surface area (Å²) in [7, 11) is 0. The number of halogens is 1. The number of carbonyl (C=O) groups is 1. The van der Waals surface area contributed by atoms with E-state index in [9.17, 15) is 4.79 Å². The highest BCUT2D eigenvalue weighted by molar-refractivity contribution is 9.11. The van der Waals surface area contributed by atoms with E-state index in [2.05, 4.69) is 21.2 Å². The van der Waals surface area contributed by atoms with Gasteiger partial charge < -0.3 is 11.1 Å². The van der Waals surface area contributed by atoms with Crippen LogP contribution in [0.2, 0.25) is 0 Å². The average Bonchev–Trinajstić information content (AvgIpc) is 2.63. The first-order valence-corrected chi connectivity index (χ1v) is 7.45. The van der Waals surface area contributed by atoms with Crippen LogP contribution in [0.3, 0.4) is 0 Å². The maximum atomic E-state index is 11.8. The normalized spacial score (nSPS) is 17.5. The number of amides is 1. The van der Waals surface area contributed by atoms with E-state index in [1.165, 1.54) is 6.42 Å². The van der Waals surface area contributed by atoms with Crippen LogP contribution >= 0.6 is 27.3 Å². The molecule has 3 N–H and O–H groups in total. The Morgan fingerprint density at radius 2 is 2.29 bits per heavy atom. The third kappa shape index (κ3) is 3.30. The lowest BCUT2D eigenvalue weighted by Gasteiger charge is -2.41. The Morgan fingerprint density at radius 1 is 1.53 bits per heavy atom. The minimum Gasteiger partial charge on any atom is -0.355 e. The van der Waals surface area contributed by atoms with E-state index in [0.717, 1.165) is 28.0 Å². The third-order valence-electron chi connectivity index (χ3n) is 3.47. The van der Waals surface area contributed by atoms with E-state index in [-0.39, 0.29) is 11.3 Å². The molecule has 0 bridgehead atoms. The first kappa shape index (κ1) is 13.1. The summed E-state index contributed by atoms with van der Waals surface area (Å²) in [4.78, 5) is 12.9. The number of nitrogens with one attached hydrogen (secondary N) is 1. The zero-order valence-corrected chi connectivity index (χ0v) is 12.1. The summed E-state index contributed by atoms with van der Waals surface area (Å²) >= 11 is 5.00. The van der Waals surface area contributed by atoms with Gasteiger partial charge in [-0.3, -0.25) is 4.79 Å². The van der Waals surface area contributed by atoms with Gasteiger partial charge in [0, 0.05) is 11.4 Å². The highest BCUT2D eigenvalue weighted by Gasteiger charge is 2.35. The summed E-state index contributed by atoms with van der Waals surface area (Å²) in [5, 5.41) is 3.01. The zero-order chi connectivity index (χ0) is 12.3. The van der Waals surface area contributed by atoms with Crippen molar-refractivity contribution in [3.8, 4) is 0 Å². The van der Waals surface area contributed by atoms with Gasteiger partial charge in [0.2, 0.25) is 5.91 Å². The van der Waals surface area contributed by atoms with Gasteiger partial charge in [0.15, 0.2) is 0 Å². The first-order valence-electron chi connectivity index (χ1n) is 5.85. The van der Waals surface area contributed by atoms with Gasteiger partial charge in [-0.15, -0.1) is 11.3 Å². The third-order valence-corrected chi connectivity index (χ3v) is 5.10. The second-order valence-corrected chi connectivity index (χ2v) is 7.26. The largest absolute Gasteiger partial charge is 0.355 e. The fourth-order valence-corrected chi connectivity index (χ4v) is 3.57. The lowest BCUT2D eigenvalue weighted by molar-refractivity contribution is -0.121. The van der Waals surface area contributed by atoms with Crippen LogP contribution in [0, 0.1) is 5.41 Å². The SMILES string of the molecule is NCC1(CNC(=O)Cc2ccc(Br)s2)CCC1. The van der Waals surface area contributed by atoms with Crippen molar-refractivity contribution in [1.82, 2.24) is 5.32 Å². The van der Waals surface area contributed by atoms with Crippen LogP contribution in [0.25, 0.3) is 0 Å². The number of hydrogen-bond donors (Lipinski definition) is 2. The van der Waals surface area contributed by atoms with E-state index in [0.29, 0.717) is 13.0 Å². The molecule has 0 unspecified atom stereocenters. The molecule has 17 heavy (non-hydrogen) atoms. The molecule has 0 saturated heterocycles. The van der Waals surface area contributed by atoms with Crippen molar-refractivity contribution >= 4 is 33.2 Å². The van der Waals surface area contributed by atoms with Crippen molar-refractivity contribution in [1.29, 1.82) is 0 Å². The predicted octanol–water partition coefficient (Wildman–Crippen LogP) is 2.30. The lowest BCUT2D eigenvalue weighted by Crippen LogP contribution is -2.47. The quantitative estimate of drug-likeness (QED) is 0.875. The van der Waals surface area contributed by atoms with E-state index >= 15 is 0 Å². The molecule has 0 spiro atoms. The molecular weight excluding hydrogens is 300 g/mol. The zero-order valence-electron chi connectivity index (χ0n) is 9.67. The number of rotatable bonds is 5. The first-order chi connectivity index (χ1) is 8.13. The second-order valence-electron chi connectivity index (χ2n) is 4.72. The monoisotopic (exact) mass is 316 g/mol. The van der Waals surface area contributed by atoms with Crippen LogP contribution in [-0.4, -0.2) is 19.0 Å². The topological polar surface area (TPSA) is 55.1 Å². The second kappa shape index (κ2) is 5.50. The number of carbonyl (C=O) groups excluding carboxylic acids is 1. The summed E-state index contributed by atoms with van der Waals surface area (Å²) in [6.45, 7) is 1.41. The molecule has 5 heteroatoms. The van der Waals surface area contributed by atoms with Crippen LogP contribution in [0.15, 0.2) is 15.9 Å². The molecule has 1 aliphatic carbocycles. The molecule has 1 amide bonds. The van der Waals surface area contributed by atoms with Gasteiger partial charge in [-0.1, -0.05) is 6.42 Å². The van der Waals surface area contributed by atoms with Crippen LogP contribution in [-0.2, 0) is 11.2 Å². The predicted molar refractivity (Wildman–Crippen MR) is 74.1 cm³/mol. The Morgan fingerprint density at radius 3 is 2.76 bits per heavy atom. The van der Waals surface area contributed by atoms with Crippen molar-refractivity contribution in [3.63, 3.8) is 0 Å². The minimum atomic E-state index is 0.0964. The van der Waals surface area contributed by atoms with Crippen molar-refractivity contribution in [2.75, 3.05) is 13.1 Å². The van der Waals surface area contributed by atoms with Gasteiger partial charge in [-0.05, 0) is 52.9 Å². The smallest absolute Gasteiger partial charge is 0.225 e. The molecule has 1 saturated carbocycles. The molecule has 0 radical (unpaired) electrons. The maximum absolute atomic E-state index is 11.8. The van der Waals surface area contributed by atoms with Crippen molar-refractivity contribution in [2.45, 2.75) is 25.7 Å². The molecule has 0 atom stereocenters. The van der Waals surface area contributed by atoms with E-state index in [1.54, 1.807) is 11.3 Å². The molecule has 3 nitrogen and oxygen atoms in total. The Bertz CT molecular complexity index is 395. The van der Waals surface area contributed by atoms with Gasteiger partial charge in [0.05, 0.1) is 10.2 Å². The molecule has 1 heterocycles. The Kier molecular flexibility index (Phi) is 4.22. The van der Waals surface area contributed by atoms with Crippen molar-refractivity contribution in [3.05, 3.63) is 20.8 Å². The fourth-order valence-electron chi connectivity index (χ4n) is 2.08. The maximum Gasteiger partial charge on any atom is 0.225 e. The Balaban J connectivity index is 1.78. The summed E-state index contributed by atoms with van der Waals surface area (Å²) in [6, 6.07) is 3.96. The van der Waals surface area contributed by atoms with Crippen LogP contribution < -0.4 is 11.1 Å². The van der Waals surface area contributed by atoms with Gasteiger partial charge in [0.1, 0.15) is 0 Å². The summed E-state index contributed by atoms with van der Waals surface area (Å²) in [5.41, 5.74) is 5.94. The fraction of sp³-hybridized carbons (Fsp3) is 0.583. The number of hydrogen-bond acceptors (Lipinski definition) is 3. The highest BCUT2D eigenvalue weighted by Crippen LogP contribution is 2.39. The van der Waals surface area contributed by atoms with E-state index < -0.39 is 0 Å². The van der Waals surface area contributed by atoms with Gasteiger partial charge in [-0.2, -0.15) is 0 Å². The molecule has 0 aliphatic heterocycles. The summed E-state index contributed by atoms with van der Waals surface area (Å²) in [6.07, 6.45) is 4.00. The van der Waals surface area contributed by atoms with Crippen molar-refractivity contribution < 1.29 is 4.79 Å². The van der Waals surface area contributed by atoms with E-state index in [1.807, 2.05) is 12.1 Å². The highest BCUT2D eigenvalue weighted by atomic mass is 79.9. The molecule has 1 fully saturated rings. The molecular formula is C12H17BrN2OS. The Labute approximate surface area is 114 Å². The molecule has 0 aromatic carbocycles. The molecule has 1 aliphatic rings.